The topological polar surface area (TPSA) is 82.1 Å². The van der Waals surface area contributed by atoms with Gasteiger partial charge in [-0.2, -0.15) is 0 Å². The third-order valence-corrected chi connectivity index (χ3v) is 6.27. The first-order valence-electron chi connectivity index (χ1n) is 11.7. The molecule has 1 N–H and O–H groups in total. The van der Waals surface area contributed by atoms with Gasteiger partial charge in [-0.3, -0.25) is 4.79 Å². The number of hydrogen-bond donors (Lipinski definition) is 1. The summed E-state index contributed by atoms with van der Waals surface area (Å²) in [6.07, 6.45) is 7.85. The van der Waals surface area contributed by atoms with Crippen molar-refractivity contribution in [2.45, 2.75) is 58.3 Å². The molecule has 0 bridgehead atoms. The molecule has 1 atom stereocenters. The van der Waals surface area contributed by atoms with E-state index >= 15 is 0 Å². The lowest BCUT2D eigenvalue weighted by Gasteiger charge is -2.32. The maximum atomic E-state index is 12.6. The zero-order chi connectivity index (χ0) is 23.3. The molecule has 0 radical (unpaired) electrons. The number of hydrogen-bond acceptors (Lipinski definition) is 6. The third kappa shape index (κ3) is 8.40. The van der Waals surface area contributed by atoms with Crippen LogP contribution in [0.15, 0.2) is 36.4 Å². The Balaban J connectivity index is 1.80. The summed E-state index contributed by atoms with van der Waals surface area (Å²) in [5.41, 5.74) is 1.31. The molecule has 1 saturated carbocycles. The number of aryl methyl sites for hydroxylation is 1. The lowest BCUT2D eigenvalue weighted by Crippen LogP contribution is -2.32. The number of unbranched alkanes of at least 4 members (excludes halogenated alkanes) is 2. The highest BCUT2D eigenvalue weighted by atomic mass is 16.5. The zero-order valence-corrected chi connectivity index (χ0v) is 19.5. The average molecular weight is 447 g/mol. The van der Waals surface area contributed by atoms with Gasteiger partial charge < -0.3 is 19.3 Å². The van der Waals surface area contributed by atoms with Crippen LogP contribution in [0.3, 0.4) is 0 Å². The third-order valence-electron chi connectivity index (χ3n) is 6.27. The van der Waals surface area contributed by atoms with Gasteiger partial charge in [-0.05, 0) is 62.1 Å². The maximum absolute atomic E-state index is 12.6. The van der Waals surface area contributed by atoms with Gasteiger partial charge in [-0.25, -0.2) is 4.79 Å². The largest absolute Gasteiger partial charge is 0.462 e. The molecular formula is C26H38O6. The summed E-state index contributed by atoms with van der Waals surface area (Å²) >= 11 is 0. The molecule has 1 aliphatic rings. The highest BCUT2D eigenvalue weighted by Gasteiger charge is 2.32. The summed E-state index contributed by atoms with van der Waals surface area (Å²) in [6.45, 7) is 5.96. The second kappa shape index (κ2) is 14.1. The quantitative estimate of drug-likeness (QED) is 0.208. The number of esters is 2. The summed E-state index contributed by atoms with van der Waals surface area (Å²) in [5, 5.41) is 9.00. The molecule has 6 nitrogen and oxygen atoms in total. The Bertz CT molecular complexity index is 718. The summed E-state index contributed by atoms with van der Waals surface area (Å²) < 4.78 is 16.2. The molecule has 1 aromatic rings. The monoisotopic (exact) mass is 446 g/mol. The Kier molecular flexibility index (Phi) is 11.5. The predicted octanol–water partition coefficient (Wildman–Crippen LogP) is 4.49. The van der Waals surface area contributed by atoms with Crippen LogP contribution in [0, 0.1) is 17.8 Å². The molecule has 0 aromatic heterocycles. The number of methoxy groups -OCH3 is 1. The Morgan fingerprint density at radius 2 is 1.78 bits per heavy atom. The molecule has 0 aliphatic heterocycles. The van der Waals surface area contributed by atoms with Crippen molar-refractivity contribution in [2.24, 2.45) is 17.8 Å². The molecule has 0 amide bonds. The van der Waals surface area contributed by atoms with Crippen LogP contribution < -0.4 is 4.74 Å². The maximum Gasteiger partial charge on any atom is 0.335 e. The first-order chi connectivity index (χ1) is 15.5. The van der Waals surface area contributed by atoms with Crippen molar-refractivity contribution in [2.75, 3.05) is 26.9 Å². The zero-order valence-electron chi connectivity index (χ0n) is 19.5. The van der Waals surface area contributed by atoms with Gasteiger partial charge in [0.1, 0.15) is 5.75 Å². The lowest BCUT2D eigenvalue weighted by atomic mass is 9.76. The van der Waals surface area contributed by atoms with Crippen molar-refractivity contribution in [1.29, 1.82) is 0 Å². The highest BCUT2D eigenvalue weighted by Crippen LogP contribution is 2.35. The Hall–Kier alpha value is -2.18. The van der Waals surface area contributed by atoms with Gasteiger partial charge in [0, 0.05) is 13.0 Å². The minimum Gasteiger partial charge on any atom is -0.462 e. The average Bonchev–Trinajstić information content (AvgIpc) is 2.82. The summed E-state index contributed by atoms with van der Waals surface area (Å²) in [4.78, 5) is 24.4. The van der Waals surface area contributed by atoms with E-state index < -0.39 is 12.6 Å². The lowest BCUT2D eigenvalue weighted by molar-refractivity contribution is -0.142. The van der Waals surface area contributed by atoms with E-state index in [0.29, 0.717) is 18.3 Å². The number of ether oxygens (including phenoxy) is 3. The van der Waals surface area contributed by atoms with Gasteiger partial charge in [-0.1, -0.05) is 38.5 Å². The number of aliphatic hydroxyl groups is 1. The van der Waals surface area contributed by atoms with Crippen LogP contribution in [0.5, 0.6) is 5.75 Å². The molecule has 1 unspecified atom stereocenters. The van der Waals surface area contributed by atoms with Crippen LogP contribution in [0.25, 0.3) is 0 Å². The SMILES string of the molecule is C=C(CO)C(=O)OCC(COC)C1CCC(C(=O)Oc2ccc(CCCCC)cc2)CC1. The van der Waals surface area contributed by atoms with Crippen molar-refractivity contribution in [3.05, 3.63) is 42.0 Å². The summed E-state index contributed by atoms with van der Waals surface area (Å²) in [6, 6.07) is 7.84. The predicted molar refractivity (Wildman–Crippen MR) is 123 cm³/mol. The number of carbonyl (C=O) groups is 2. The van der Waals surface area contributed by atoms with E-state index in [1.165, 1.54) is 24.8 Å². The van der Waals surface area contributed by atoms with Crippen molar-refractivity contribution in [3.63, 3.8) is 0 Å². The molecule has 1 aromatic carbocycles. The standard InChI is InChI=1S/C26H38O6/c1-4-5-6-7-20-8-14-24(15-9-20)32-26(29)22-12-10-21(11-13-22)23(17-30-3)18-31-25(28)19(2)16-27/h8-9,14-15,21-23,27H,2,4-7,10-13,16-18H2,1,3H3. The minimum atomic E-state index is -0.581. The Morgan fingerprint density at radius 1 is 1.09 bits per heavy atom. The fraction of sp³-hybridized carbons (Fsp3) is 0.615. The number of aliphatic hydroxyl groups excluding tert-OH is 1. The number of carbonyl (C=O) groups excluding carboxylic acids is 2. The molecule has 0 spiro atoms. The van der Waals surface area contributed by atoms with Gasteiger partial charge >= 0.3 is 11.9 Å². The normalized spacial score (nSPS) is 19.2. The van der Waals surface area contributed by atoms with Crippen LogP contribution in [-0.4, -0.2) is 44.0 Å². The van der Waals surface area contributed by atoms with Crippen LogP contribution in [0.1, 0.15) is 57.4 Å². The minimum absolute atomic E-state index is 0.0432. The molecule has 0 saturated heterocycles. The second-order valence-electron chi connectivity index (χ2n) is 8.71. The van der Waals surface area contributed by atoms with E-state index in [-0.39, 0.29) is 30.0 Å². The molecule has 1 aliphatic carbocycles. The van der Waals surface area contributed by atoms with Crippen LogP contribution in [0.2, 0.25) is 0 Å². The van der Waals surface area contributed by atoms with Gasteiger partial charge in [-0.15, -0.1) is 0 Å². The van der Waals surface area contributed by atoms with Gasteiger partial charge in [0.2, 0.25) is 0 Å². The Morgan fingerprint density at radius 3 is 2.38 bits per heavy atom. The second-order valence-corrected chi connectivity index (χ2v) is 8.71. The van der Waals surface area contributed by atoms with Crippen molar-refractivity contribution in [3.8, 4) is 5.75 Å². The van der Waals surface area contributed by atoms with Gasteiger partial charge in [0.15, 0.2) is 0 Å². The summed E-state index contributed by atoms with van der Waals surface area (Å²) in [7, 11) is 1.62. The smallest absolute Gasteiger partial charge is 0.335 e. The van der Waals surface area contributed by atoms with E-state index in [0.717, 1.165) is 32.1 Å². The summed E-state index contributed by atoms with van der Waals surface area (Å²) in [5.74, 6) is 0.0858. The van der Waals surface area contributed by atoms with Crippen LogP contribution in [-0.2, 0) is 25.5 Å². The van der Waals surface area contributed by atoms with Crippen LogP contribution in [0.4, 0.5) is 0 Å². The fourth-order valence-electron chi connectivity index (χ4n) is 4.21. The number of rotatable bonds is 13. The molecule has 0 heterocycles. The van der Waals surface area contributed by atoms with Gasteiger partial charge in [0.05, 0.1) is 31.3 Å². The first-order valence-corrected chi connectivity index (χ1v) is 11.7. The fourth-order valence-corrected chi connectivity index (χ4v) is 4.21. The molecule has 178 valence electrons. The highest BCUT2D eigenvalue weighted by molar-refractivity contribution is 5.87. The van der Waals surface area contributed by atoms with E-state index in [2.05, 4.69) is 13.5 Å². The van der Waals surface area contributed by atoms with E-state index in [1.54, 1.807) is 7.11 Å². The van der Waals surface area contributed by atoms with Crippen molar-refractivity contribution >= 4 is 11.9 Å². The number of benzene rings is 1. The van der Waals surface area contributed by atoms with E-state index in [4.69, 9.17) is 19.3 Å². The molecule has 32 heavy (non-hydrogen) atoms. The van der Waals surface area contributed by atoms with Crippen LogP contribution >= 0.6 is 0 Å². The van der Waals surface area contributed by atoms with E-state index in [9.17, 15) is 9.59 Å². The Labute approximate surface area is 191 Å². The molecule has 6 heteroatoms. The molecular weight excluding hydrogens is 408 g/mol. The van der Waals surface area contributed by atoms with Crippen molar-refractivity contribution < 1.29 is 28.9 Å². The molecule has 2 rings (SSSR count). The first kappa shape index (κ1) is 26.1. The van der Waals surface area contributed by atoms with Gasteiger partial charge in [0.25, 0.3) is 0 Å². The van der Waals surface area contributed by atoms with E-state index in [1.807, 2.05) is 24.3 Å². The van der Waals surface area contributed by atoms with Crippen molar-refractivity contribution in [1.82, 2.24) is 0 Å². The molecule has 1 fully saturated rings.